The van der Waals surface area contributed by atoms with Crippen LogP contribution < -0.4 is 0 Å². The number of aryl methyl sites for hydroxylation is 1. The fourth-order valence-corrected chi connectivity index (χ4v) is 3.13. The lowest BCUT2D eigenvalue weighted by atomic mass is 10.2. The Labute approximate surface area is 157 Å². The zero-order valence-electron chi connectivity index (χ0n) is 15.8. The van der Waals surface area contributed by atoms with Crippen molar-refractivity contribution in [2.24, 2.45) is 5.92 Å². The Balaban J connectivity index is 1.69. The summed E-state index contributed by atoms with van der Waals surface area (Å²) < 4.78 is 6.92. The first-order valence-electron chi connectivity index (χ1n) is 9.01. The van der Waals surface area contributed by atoms with E-state index in [4.69, 9.17) is 4.52 Å². The third-order valence-electron chi connectivity index (χ3n) is 4.27. The van der Waals surface area contributed by atoms with E-state index >= 15 is 0 Å². The average molecular weight is 375 g/mol. The van der Waals surface area contributed by atoms with Crippen LogP contribution >= 0.6 is 0 Å². The zero-order chi connectivity index (χ0) is 19.6. The molecule has 1 fully saturated rings. The van der Waals surface area contributed by atoms with Gasteiger partial charge in [0, 0.05) is 31.9 Å². The summed E-state index contributed by atoms with van der Waals surface area (Å²) in [6.45, 7) is 7.08. The molecule has 0 saturated carbocycles. The molecule has 2 amide bonds. The van der Waals surface area contributed by atoms with Crippen LogP contribution in [0.4, 0.5) is 0 Å². The lowest BCUT2D eigenvalue weighted by Gasteiger charge is -2.23. The lowest BCUT2D eigenvalue weighted by Crippen LogP contribution is -2.40. The van der Waals surface area contributed by atoms with Crippen LogP contribution in [-0.2, 0) is 11.3 Å². The maximum atomic E-state index is 12.7. The van der Waals surface area contributed by atoms with Crippen molar-refractivity contribution in [1.82, 2.24) is 24.7 Å². The molecule has 0 bridgehead atoms. The Morgan fingerprint density at radius 2 is 2.19 bits per heavy atom. The number of carbonyl (C=O) groups excluding carboxylic acids is 2. The average Bonchev–Trinajstić information content (AvgIpc) is 3.18. The van der Waals surface area contributed by atoms with E-state index in [-0.39, 0.29) is 37.2 Å². The Hall–Kier alpha value is -2.68. The van der Waals surface area contributed by atoms with Gasteiger partial charge in [0.25, 0.3) is 5.91 Å². The number of hydrogen-bond acceptors (Lipinski definition) is 6. The van der Waals surface area contributed by atoms with E-state index in [0.717, 1.165) is 5.56 Å². The van der Waals surface area contributed by atoms with E-state index in [9.17, 15) is 14.7 Å². The summed E-state index contributed by atoms with van der Waals surface area (Å²) in [5.74, 6) is 0.168. The fraction of sp³-hybridized carbons (Fsp3) is 0.556. The van der Waals surface area contributed by atoms with Crippen molar-refractivity contribution >= 4 is 11.8 Å². The van der Waals surface area contributed by atoms with E-state index in [1.54, 1.807) is 21.8 Å². The van der Waals surface area contributed by atoms with Crippen molar-refractivity contribution in [3.63, 3.8) is 0 Å². The highest BCUT2D eigenvalue weighted by molar-refractivity contribution is 5.95. The van der Waals surface area contributed by atoms with E-state index in [1.807, 2.05) is 27.0 Å². The summed E-state index contributed by atoms with van der Waals surface area (Å²) in [6, 6.07) is 1.55. The highest BCUT2D eigenvalue weighted by Gasteiger charge is 2.31. The number of rotatable bonds is 5. The summed E-state index contributed by atoms with van der Waals surface area (Å²) in [6.07, 6.45) is 2.80. The first-order valence-corrected chi connectivity index (χ1v) is 9.01. The highest BCUT2D eigenvalue weighted by Crippen LogP contribution is 2.13. The Kier molecular flexibility index (Phi) is 5.59. The molecule has 2 aromatic heterocycles. The minimum Gasteiger partial charge on any atom is -0.389 e. The number of hydrogen-bond donors (Lipinski definition) is 1. The third kappa shape index (κ3) is 4.73. The molecule has 1 unspecified atom stereocenters. The Morgan fingerprint density at radius 1 is 1.41 bits per heavy atom. The minimum absolute atomic E-state index is 0.0802. The second-order valence-electron chi connectivity index (χ2n) is 7.43. The van der Waals surface area contributed by atoms with Gasteiger partial charge in [0.2, 0.25) is 5.91 Å². The van der Waals surface area contributed by atoms with Crippen LogP contribution in [0.2, 0.25) is 0 Å². The first-order chi connectivity index (χ1) is 12.8. The van der Waals surface area contributed by atoms with Crippen LogP contribution in [0.25, 0.3) is 0 Å². The van der Waals surface area contributed by atoms with Crippen molar-refractivity contribution in [2.75, 3.05) is 26.2 Å². The van der Waals surface area contributed by atoms with Crippen molar-refractivity contribution in [1.29, 1.82) is 0 Å². The van der Waals surface area contributed by atoms with Crippen LogP contribution in [0, 0.1) is 12.8 Å². The molecule has 9 heteroatoms. The molecular weight excluding hydrogens is 350 g/mol. The van der Waals surface area contributed by atoms with Crippen LogP contribution in [0.15, 0.2) is 23.0 Å². The maximum absolute atomic E-state index is 12.7. The predicted octanol–water partition coefficient (Wildman–Crippen LogP) is 0.529. The zero-order valence-corrected chi connectivity index (χ0v) is 15.8. The van der Waals surface area contributed by atoms with Gasteiger partial charge in [0.15, 0.2) is 11.5 Å². The number of carbonyl (C=O) groups is 2. The topological polar surface area (TPSA) is 105 Å². The molecule has 0 aliphatic carbocycles. The molecule has 0 radical (unpaired) electrons. The predicted molar refractivity (Wildman–Crippen MR) is 95.9 cm³/mol. The molecule has 3 rings (SSSR count). The minimum atomic E-state index is -0.794. The Bertz CT molecular complexity index is 812. The summed E-state index contributed by atoms with van der Waals surface area (Å²) in [5, 5.41) is 18.2. The molecule has 3 heterocycles. The third-order valence-corrected chi connectivity index (χ3v) is 4.27. The lowest BCUT2D eigenvalue weighted by molar-refractivity contribution is -0.131. The van der Waals surface area contributed by atoms with Gasteiger partial charge in [-0.05, 0) is 18.4 Å². The molecule has 146 valence electrons. The van der Waals surface area contributed by atoms with Gasteiger partial charge >= 0.3 is 0 Å². The molecule has 1 atom stereocenters. The largest absolute Gasteiger partial charge is 0.389 e. The van der Waals surface area contributed by atoms with E-state index in [2.05, 4.69) is 10.3 Å². The number of amides is 2. The molecule has 1 aliphatic heterocycles. The van der Waals surface area contributed by atoms with E-state index in [0.29, 0.717) is 18.8 Å². The molecule has 1 saturated heterocycles. The van der Waals surface area contributed by atoms with Crippen LogP contribution in [-0.4, -0.2) is 73.9 Å². The molecule has 9 nitrogen and oxygen atoms in total. The summed E-state index contributed by atoms with van der Waals surface area (Å²) in [7, 11) is 0. The van der Waals surface area contributed by atoms with Gasteiger partial charge in [-0.15, -0.1) is 0 Å². The quantitative estimate of drug-likeness (QED) is 0.817. The Morgan fingerprint density at radius 3 is 2.85 bits per heavy atom. The molecule has 27 heavy (non-hydrogen) atoms. The summed E-state index contributed by atoms with van der Waals surface area (Å²) >= 11 is 0. The van der Waals surface area contributed by atoms with Gasteiger partial charge in [-0.3, -0.25) is 14.3 Å². The fourth-order valence-electron chi connectivity index (χ4n) is 3.13. The molecule has 0 aromatic carbocycles. The van der Waals surface area contributed by atoms with Crippen molar-refractivity contribution in [2.45, 2.75) is 33.4 Å². The van der Waals surface area contributed by atoms with Crippen LogP contribution in [0.1, 0.15) is 35.7 Å². The van der Waals surface area contributed by atoms with Gasteiger partial charge in [0.05, 0.1) is 12.3 Å². The monoisotopic (exact) mass is 375 g/mol. The second-order valence-corrected chi connectivity index (χ2v) is 7.43. The van der Waals surface area contributed by atoms with Gasteiger partial charge in [-0.2, -0.15) is 5.10 Å². The molecule has 1 aliphatic rings. The van der Waals surface area contributed by atoms with Crippen molar-refractivity contribution in [3.05, 3.63) is 35.5 Å². The highest BCUT2D eigenvalue weighted by atomic mass is 16.5. The van der Waals surface area contributed by atoms with Gasteiger partial charge < -0.3 is 19.4 Å². The SMILES string of the molecule is Cc1cnn(Cc2cc(C(=O)N3CC(=O)N(CC(C)C)CC(O)C3)no2)c1. The second kappa shape index (κ2) is 7.91. The number of aliphatic hydroxyl groups is 1. The standard InChI is InChI=1S/C18H25N5O4/c1-12(2)6-21-8-14(24)9-22(11-17(21)25)18(26)16-4-15(27-20-16)10-23-7-13(3)5-19-23/h4-5,7,12,14,24H,6,8-11H2,1-3H3. The molecular formula is C18H25N5O4. The van der Waals surface area contributed by atoms with Crippen molar-refractivity contribution in [3.8, 4) is 0 Å². The van der Waals surface area contributed by atoms with Crippen LogP contribution in [0.5, 0.6) is 0 Å². The van der Waals surface area contributed by atoms with Crippen LogP contribution in [0.3, 0.4) is 0 Å². The maximum Gasteiger partial charge on any atom is 0.276 e. The number of aromatic nitrogens is 3. The smallest absolute Gasteiger partial charge is 0.276 e. The number of aliphatic hydroxyl groups excluding tert-OH is 1. The molecule has 0 spiro atoms. The molecule has 1 N–H and O–H groups in total. The van der Waals surface area contributed by atoms with E-state index in [1.165, 1.54) is 4.90 Å². The first kappa shape index (κ1) is 19.1. The normalized spacial score (nSPS) is 18.3. The molecule has 2 aromatic rings. The number of nitrogens with zero attached hydrogens (tertiary/aromatic N) is 5. The van der Waals surface area contributed by atoms with Gasteiger partial charge in [-0.25, -0.2) is 0 Å². The van der Waals surface area contributed by atoms with E-state index < -0.39 is 12.0 Å². The van der Waals surface area contributed by atoms with Crippen molar-refractivity contribution < 1.29 is 19.2 Å². The number of β-amino-alcohol motifs (C(OH)–C–C–N with tert-alkyl or cyclic N) is 1. The summed E-state index contributed by atoms with van der Waals surface area (Å²) in [4.78, 5) is 28.1. The van der Waals surface area contributed by atoms with Gasteiger partial charge in [0.1, 0.15) is 13.1 Å². The summed E-state index contributed by atoms with van der Waals surface area (Å²) in [5.41, 5.74) is 1.14. The van der Waals surface area contributed by atoms with Gasteiger partial charge in [-0.1, -0.05) is 19.0 Å².